The Balaban J connectivity index is 1.50. The van der Waals surface area contributed by atoms with Crippen molar-refractivity contribution in [3.8, 4) is 0 Å². The lowest BCUT2D eigenvalue weighted by molar-refractivity contribution is -0.142. The molecule has 0 spiro atoms. The highest BCUT2D eigenvalue weighted by Gasteiger charge is 2.42. The lowest BCUT2D eigenvalue weighted by Gasteiger charge is -2.34. The lowest BCUT2D eigenvalue weighted by Crippen LogP contribution is -2.54. The third-order valence-corrected chi connectivity index (χ3v) is 5.98. The fourth-order valence-corrected chi connectivity index (χ4v) is 3.98. The molecule has 3 fully saturated rings. The van der Waals surface area contributed by atoms with E-state index in [1.807, 2.05) is 0 Å². The maximum atomic E-state index is 13.3. The van der Waals surface area contributed by atoms with Crippen molar-refractivity contribution in [2.45, 2.75) is 75.4 Å². The molecule has 1 saturated heterocycles. The van der Waals surface area contributed by atoms with Gasteiger partial charge in [0.25, 0.3) is 5.91 Å². The van der Waals surface area contributed by atoms with E-state index in [1.54, 1.807) is 0 Å². The molecule has 1 unspecified atom stereocenters. The summed E-state index contributed by atoms with van der Waals surface area (Å²) >= 11 is 0. The number of nitrogens with one attached hydrogen (secondary N) is 2. The van der Waals surface area contributed by atoms with Crippen molar-refractivity contribution in [3.63, 3.8) is 0 Å². The van der Waals surface area contributed by atoms with Gasteiger partial charge < -0.3 is 21.3 Å². The first-order valence-corrected chi connectivity index (χ1v) is 10.2. The maximum absolute atomic E-state index is 13.3. The van der Waals surface area contributed by atoms with Crippen LogP contribution in [0.5, 0.6) is 0 Å². The molecule has 4 N–H and O–H groups in total. The van der Waals surface area contributed by atoms with Crippen molar-refractivity contribution in [1.29, 1.82) is 0 Å². The number of hydrogen-bond donors (Lipinski definition) is 3. The zero-order valence-electron chi connectivity index (χ0n) is 16.3. The number of carbonyl (C=O) groups excluding carboxylic acids is 4. The number of nitrogens with two attached hydrogens (primary N) is 1. The quantitative estimate of drug-likeness (QED) is 0.510. The summed E-state index contributed by atoms with van der Waals surface area (Å²) in [6.45, 7) is -0.0801. The van der Waals surface area contributed by atoms with Crippen LogP contribution in [-0.4, -0.2) is 65.5 Å². The van der Waals surface area contributed by atoms with Gasteiger partial charge in [0, 0.05) is 25.4 Å². The van der Waals surface area contributed by atoms with Crippen molar-refractivity contribution >= 4 is 23.5 Å². The number of nitrogens with zero attached hydrogens (tertiary/aromatic N) is 1. The minimum absolute atomic E-state index is 0.0475. The average molecular weight is 414 g/mol. The number of amides is 3. The molecule has 3 rings (SSSR count). The molecule has 0 aromatic heterocycles. The van der Waals surface area contributed by atoms with E-state index in [2.05, 4.69) is 10.6 Å². The van der Waals surface area contributed by atoms with Gasteiger partial charge in [0.05, 0.1) is 12.6 Å². The second-order valence-electron chi connectivity index (χ2n) is 8.30. The van der Waals surface area contributed by atoms with Crippen LogP contribution in [0.2, 0.25) is 0 Å². The third kappa shape index (κ3) is 5.49. The molecule has 0 bridgehead atoms. The fraction of sp³-hybridized carbons (Fsp3) is 0.789. The molecule has 3 amide bonds. The summed E-state index contributed by atoms with van der Waals surface area (Å²) in [4.78, 5) is 50.1. The SMILES string of the molecule is N[C@H](C(=O)N1CCCC1C(=O)NCC(=O)C(=O)NC1CC1)C1CCC(F)(F)CC1. The number of likely N-dealkylation sites (tertiary alicyclic amines) is 1. The summed E-state index contributed by atoms with van der Waals surface area (Å²) in [5, 5.41) is 4.99. The second kappa shape index (κ2) is 8.73. The summed E-state index contributed by atoms with van der Waals surface area (Å²) in [5.41, 5.74) is 6.06. The van der Waals surface area contributed by atoms with Crippen LogP contribution in [-0.2, 0) is 19.2 Å². The number of ketones is 1. The van der Waals surface area contributed by atoms with Gasteiger partial charge in [-0.2, -0.15) is 0 Å². The van der Waals surface area contributed by atoms with Crippen molar-refractivity contribution in [2.24, 2.45) is 11.7 Å². The summed E-state index contributed by atoms with van der Waals surface area (Å²) < 4.78 is 26.7. The Kier molecular flexibility index (Phi) is 6.50. The van der Waals surface area contributed by atoms with Crippen molar-refractivity contribution in [3.05, 3.63) is 0 Å². The summed E-state index contributed by atoms with van der Waals surface area (Å²) in [6, 6.07) is -1.64. The van der Waals surface area contributed by atoms with Gasteiger partial charge in [-0.05, 0) is 44.4 Å². The summed E-state index contributed by atoms with van der Waals surface area (Å²) in [7, 11) is 0. The molecular weight excluding hydrogens is 386 g/mol. The number of carbonyl (C=O) groups is 4. The van der Waals surface area contributed by atoms with E-state index >= 15 is 0 Å². The number of rotatable bonds is 7. The van der Waals surface area contributed by atoms with Crippen molar-refractivity contribution < 1.29 is 28.0 Å². The fourth-order valence-electron chi connectivity index (χ4n) is 3.98. The monoisotopic (exact) mass is 414 g/mol. The van der Waals surface area contributed by atoms with Crippen LogP contribution < -0.4 is 16.4 Å². The van der Waals surface area contributed by atoms with Gasteiger partial charge >= 0.3 is 0 Å². The van der Waals surface area contributed by atoms with Gasteiger partial charge in [-0.25, -0.2) is 8.78 Å². The Hall–Kier alpha value is -2.10. The van der Waals surface area contributed by atoms with E-state index in [0.717, 1.165) is 12.8 Å². The van der Waals surface area contributed by atoms with Crippen LogP contribution in [0.15, 0.2) is 0 Å². The molecule has 0 aromatic rings. The molecule has 2 atom stereocenters. The lowest BCUT2D eigenvalue weighted by atomic mass is 9.82. The Morgan fingerprint density at radius 2 is 1.72 bits per heavy atom. The van der Waals surface area contributed by atoms with Crippen molar-refractivity contribution in [1.82, 2.24) is 15.5 Å². The largest absolute Gasteiger partial charge is 0.347 e. The molecule has 162 valence electrons. The van der Waals surface area contributed by atoms with Crippen LogP contribution in [0.4, 0.5) is 8.78 Å². The molecule has 1 aliphatic heterocycles. The van der Waals surface area contributed by atoms with Crippen LogP contribution in [0.3, 0.4) is 0 Å². The molecule has 10 heteroatoms. The van der Waals surface area contributed by atoms with E-state index in [-0.39, 0.29) is 37.6 Å². The first-order chi connectivity index (χ1) is 13.7. The first-order valence-electron chi connectivity index (χ1n) is 10.2. The van der Waals surface area contributed by atoms with E-state index in [4.69, 9.17) is 5.73 Å². The standard InChI is InChI=1S/C19H28F2N4O4/c20-19(21)7-5-11(6-8-19)15(22)18(29)25-9-1-2-13(25)16(27)23-10-14(26)17(28)24-12-3-4-12/h11-13,15H,1-10,22H2,(H,23,27)(H,24,28)/t13?,15-/m0/s1. The number of hydrogen-bond acceptors (Lipinski definition) is 5. The number of alkyl halides is 2. The summed E-state index contributed by atoms with van der Waals surface area (Å²) in [5.74, 6) is -5.42. The zero-order chi connectivity index (χ0) is 21.2. The van der Waals surface area contributed by atoms with Crippen LogP contribution >= 0.6 is 0 Å². The smallest absolute Gasteiger partial charge is 0.289 e. The average Bonchev–Trinajstić information content (AvgIpc) is 3.36. The highest BCUT2D eigenvalue weighted by atomic mass is 19.3. The predicted octanol–water partition coefficient (Wildman–Crippen LogP) is 0.0941. The molecule has 0 radical (unpaired) electrons. The normalized spacial score (nSPS) is 25.3. The molecule has 1 heterocycles. The highest BCUT2D eigenvalue weighted by Crippen LogP contribution is 2.37. The topological polar surface area (TPSA) is 122 Å². The minimum Gasteiger partial charge on any atom is -0.347 e. The van der Waals surface area contributed by atoms with E-state index in [9.17, 15) is 28.0 Å². The number of halogens is 2. The Morgan fingerprint density at radius 1 is 1.07 bits per heavy atom. The molecule has 2 aliphatic carbocycles. The van der Waals surface area contributed by atoms with E-state index in [0.29, 0.717) is 19.4 Å². The van der Waals surface area contributed by atoms with Gasteiger partial charge in [0.1, 0.15) is 6.04 Å². The molecule has 8 nitrogen and oxygen atoms in total. The second-order valence-corrected chi connectivity index (χ2v) is 8.30. The molecule has 2 saturated carbocycles. The molecule has 3 aliphatic rings. The first kappa shape index (κ1) is 21.6. The number of Topliss-reactive ketones (excluding diaryl/α,β-unsaturated/α-hetero) is 1. The highest BCUT2D eigenvalue weighted by molar-refractivity contribution is 6.37. The summed E-state index contributed by atoms with van der Waals surface area (Å²) in [6.07, 6.45) is 2.52. The van der Waals surface area contributed by atoms with Gasteiger partial charge in [-0.1, -0.05) is 0 Å². The van der Waals surface area contributed by atoms with Gasteiger partial charge in [-0.3, -0.25) is 19.2 Å². The Bertz CT molecular complexity index is 673. The van der Waals surface area contributed by atoms with E-state index in [1.165, 1.54) is 4.90 Å². The van der Waals surface area contributed by atoms with Crippen LogP contribution in [0.25, 0.3) is 0 Å². The Morgan fingerprint density at radius 3 is 2.34 bits per heavy atom. The van der Waals surface area contributed by atoms with Crippen molar-refractivity contribution in [2.75, 3.05) is 13.1 Å². The third-order valence-electron chi connectivity index (χ3n) is 5.98. The molecule has 29 heavy (non-hydrogen) atoms. The molecular formula is C19H28F2N4O4. The minimum atomic E-state index is -2.70. The predicted molar refractivity (Wildman–Crippen MR) is 98.8 cm³/mol. The maximum Gasteiger partial charge on any atom is 0.289 e. The van der Waals surface area contributed by atoms with Crippen LogP contribution in [0.1, 0.15) is 51.4 Å². The van der Waals surface area contributed by atoms with Gasteiger partial charge in [0.2, 0.25) is 23.5 Å². The van der Waals surface area contributed by atoms with Crippen LogP contribution in [0, 0.1) is 5.92 Å². The molecule has 0 aromatic carbocycles. The van der Waals surface area contributed by atoms with E-state index < -0.39 is 48.1 Å². The zero-order valence-corrected chi connectivity index (χ0v) is 16.3. The van der Waals surface area contributed by atoms with Gasteiger partial charge in [0.15, 0.2) is 0 Å². The Labute approximate surface area is 167 Å². The van der Waals surface area contributed by atoms with Gasteiger partial charge in [-0.15, -0.1) is 0 Å².